The number of nitrogens with zero attached hydrogens (tertiary/aromatic N) is 4. The molecule has 1 saturated heterocycles. The Hall–Kier alpha value is -2.54. The number of rotatable bonds is 2. The number of aliphatic hydroxyl groups is 1. The van der Waals surface area contributed by atoms with Gasteiger partial charge in [-0.25, -0.2) is 14.4 Å². The van der Waals surface area contributed by atoms with Gasteiger partial charge in [0.2, 0.25) is 0 Å². The molecule has 0 atom stereocenters. The Morgan fingerprint density at radius 3 is 2.44 bits per heavy atom. The van der Waals surface area contributed by atoms with Gasteiger partial charge in [0.15, 0.2) is 17.2 Å². The molecular formula is C18H19FN4O2. The number of hydrogen-bond donors (Lipinski definition) is 1. The lowest BCUT2D eigenvalue weighted by molar-refractivity contribution is 0.0116. The molecule has 7 heteroatoms. The van der Waals surface area contributed by atoms with E-state index in [0.717, 1.165) is 11.4 Å². The van der Waals surface area contributed by atoms with Gasteiger partial charge in [0.25, 0.3) is 5.71 Å². The zero-order chi connectivity index (χ0) is 17.6. The zero-order valence-electron chi connectivity index (χ0n) is 14.2. The molecule has 3 heterocycles. The number of aryl methyl sites for hydroxylation is 2. The number of oxazole rings is 1. The van der Waals surface area contributed by atoms with Gasteiger partial charge >= 0.3 is 0 Å². The second-order valence-corrected chi connectivity index (χ2v) is 6.51. The zero-order valence-corrected chi connectivity index (χ0v) is 14.2. The quantitative estimate of drug-likeness (QED) is 0.772. The lowest BCUT2D eigenvalue weighted by atomic mass is 9.84. The molecule has 6 nitrogen and oxygen atoms in total. The Morgan fingerprint density at radius 2 is 1.76 bits per heavy atom. The van der Waals surface area contributed by atoms with Crippen molar-refractivity contribution in [1.82, 2.24) is 15.0 Å². The van der Waals surface area contributed by atoms with E-state index >= 15 is 0 Å². The molecule has 4 rings (SSSR count). The van der Waals surface area contributed by atoms with Crippen LogP contribution in [0.2, 0.25) is 0 Å². The Balaban J connectivity index is 1.61. The van der Waals surface area contributed by atoms with Gasteiger partial charge in [-0.1, -0.05) is 12.1 Å². The fourth-order valence-electron chi connectivity index (χ4n) is 3.37. The SMILES string of the molecule is Cc1nc(N2CCC(O)(c3ccc(F)cc3)CC2)c2nc(C)oc2n1. The predicted molar refractivity (Wildman–Crippen MR) is 90.8 cm³/mol. The molecule has 0 radical (unpaired) electrons. The molecule has 0 aliphatic carbocycles. The summed E-state index contributed by atoms with van der Waals surface area (Å²) in [4.78, 5) is 15.3. The van der Waals surface area contributed by atoms with E-state index in [1.165, 1.54) is 12.1 Å². The van der Waals surface area contributed by atoms with E-state index in [1.54, 1.807) is 19.1 Å². The van der Waals surface area contributed by atoms with Gasteiger partial charge in [-0.3, -0.25) is 0 Å². The van der Waals surface area contributed by atoms with E-state index in [1.807, 2.05) is 6.92 Å². The van der Waals surface area contributed by atoms with Crippen molar-refractivity contribution in [2.75, 3.05) is 18.0 Å². The van der Waals surface area contributed by atoms with Gasteiger partial charge in [0.05, 0.1) is 5.60 Å². The van der Waals surface area contributed by atoms with Gasteiger partial charge < -0.3 is 14.4 Å². The topological polar surface area (TPSA) is 75.3 Å². The molecule has 0 unspecified atom stereocenters. The summed E-state index contributed by atoms with van der Waals surface area (Å²) in [6.07, 6.45) is 1.06. The van der Waals surface area contributed by atoms with Crippen molar-refractivity contribution in [1.29, 1.82) is 0 Å². The number of halogens is 1. The fourth-order valence-corrected chi connectivity index (χ4v) is 3.37. The normalized spacial score (nSPS) is 17.2. The molecular weight excluding hydrogens is 323 g/mol. The Morgan fingerprint density at radius 1 is 1.08 bits per heavy atom. The predicted octanol–water partition coefficient (Wildman–Crippen LogP) is 2.86. The van der Waals surface area contributed by atoms with Crippen molar-refractivity contribution >= 4 is 17.0 Å². The summed E-state index contributed by atoms with van der Waals surface area (Å²) < 4.78 is 18.7. The number of anilines is 1. The van der Waals surface area contributed by atoms with Crippen molar-refractivity contribution < 1.29 is 13.9 Å². The minimum Gasteiger partial charge on any atom is -0.422 e. The molecule has 0 saturated carbocycles. The molecule has 130 valence electrons. The van der Waals surface area contributed by atoms with Crippen molar-refractivity contribution in [3.05, 3.63) is 47.4 Å². The van der Waals surface area contributed by atoms with E-state index in [2.05, 4.69) is 19.9 Å². The van der Waals surface area contributed by atoms with E-state index in [9.17, 15) is 9.50 Å². The van der Waals surface area contributed by atoms with Crippen LogP contribution in [-0.2, 0) is 5.60 Å². The van der Waals surface area contributed by atoms with Gasteiger partial charge in [-0.05, 0) is 37.5 Å². The number of fused-ring (bicyclic) bond motifs is 1. The number of hydrogen-bond acceptors (Lipinski definition) is 6. The maximum atomic E-state index is 13.1. The van der Waals surface area contributed by atoms with Gasteiger partial charge in [0.1, 0.15) is 11.6 Å². The second-order valence-electron chi connectivity index (χ2n) is 6.51. The van der Waals surface area contributed by atoms with Crippen LogP contribution in [0.1, 0.15) is 30.1 Å². The van der Waals surface area contributed by atoms with Gasteiger partial charge in [-0.2, -0.15) is 4.98 Å². The third-order valence-corrected chi connectivity index (χ3v) is 4.73. The van der Waals surface area contributed by atoms with Crippen molar-refractivity contribution in [3.63, 3.8) is 0 Å². The summed E-state index contributed by atoms with van der Waals surface area (Å²) in [5.41, 5.74) is 0.926. The largest absolute Gasteiger partial charge is 0.422 e. The molecule has 1 aromatic carbocycles. The molecule has 3 aromatic rings. The molecule has 0 amide bonds. The maximum absolute atomic E-state index is 13.1. The molecule has 1 aliphatic rings. The first-order valence-corrected chi connectivity index (χ1v) is 8.30. The first-order valence-electron chi connectivity index (χ1n) is 8.30. The van der Waals surface area contributed by atoms with Gasteiger partial charge in [0, 0.05) is 20.0 Å². The fraction of sp³-hybridized carbons (Fsp3) is 0.389. The lowest BCUT2D eigenvalue weighted by Crippen LogP contribution is -2.43. The smallest absolute Gasteiger partial charge is 0.252 e. The van der Waals surface area contributed by atoms with E-state index in [0.29, 0.717) is 48.9 Å². The molecule has 2 aromatic heterocycles. The van der Waals surface area contributed by atoms with E-state index in [-0.39, 0.29) is 5.82 Å². The molecule has 1 fully saturated rings. The highest BCUT2D eigenvalue weighted by Crippen LogP contribution is 2.35. The standard InChI is InChI=1S/C18H19FN4O2/c1-11-20-16(15-17(21-11)25-12(2)22-15)23-9-7-18(24,8-10-23)13-3-5-14(19)6-4-13/h3-6,24H,7-10H2,1-2H3. The van der Waals surface area contributed by atoms with E-state index in [4.69, 9.17) is 4.42 Å². The van der Waals surface area contributed by atoms with Crippen LogP contribution in [0.15, 0.2) is 28.7 Å². The molecule has 1 aliphatic heterocycles. The minimum atomic E-state index is -0.953. The molecule has 0 spiro atoms. The summed E-state index contributed by atoms with van der Waals surface area (Å²) >= 11 is 0. The van der Waals surface area contributed by atoms with Crippen LogP contribution in [0.5, 0.6) is 0 Å². The van der Waals surface area contributed by atoms with E-state index < -0.39 is 5.60 Å². The molecule has 1 N–H and O–H groups in total. The van der Waals surface area contributed by atoms with Crippen molar-refractivity contribution in [3.8, 4) is 0 Å². The minimum absolute atomic E-state index is 0.301. The number of aromatic nitrogens is 3. The van der Waals surface area contributed by atoms with Crippen LogP contribution in [0.25, 0.3) is 11.2 Å². The van der Waals surface area contributed by atoms with Crippen LogP contribution in [0, 0.1) is 19.7 Å². The average molecular weight is 342 g/mol. The summed E-state index contributed by atoms with van der Waals surface area (Å²) in [5, 5.41) is 11.0. The highest BCUT2D eigenvalue weighted by Gasteiger charge is 2.35. The summed E-state index contributed by atoms with van der Waals surface area (Å²) in [6.45, 7) is 4.83. The number of benzene rings is 1. The summed E-state index contributed by atoms with van der Waals surface area (Å²) in [7, 11) is 0. The first-order chi connectivity index (χ1) is 11.9. The molecule has 0 bridgehead atoms. The van der Waals surface area contributed by atoms with Crippen LogP contribution in [0.4, 0.5) is 10.2 Å². The summed E-state index contributed by atoms with van der Waals surface area (Å²) in [6, 6.07) is 6.07. The Kier molecular flexibility index (Phi) is 3.68. The Labute approximate surface area is 144 Å². The summed E-state index contributed by atoms with van der Waals surface area (Å²) in [5.74, 6) is 1.61. The highest BCUT2D eigenvalue weighted by molar-refractivity contribution is 5.82. The average Bonchev–Trinajstić information content (AvgIpc) is 2.95. The van der Waals surface area contributed by atoms with Crippen molar-refractivity contribution in [2.45, 2.75) is 32.3 Å². The van der Waals surface area contributed by atoms with Crippen LogP contribution in [0.3, 0.4) is 0 Å². The monoisotopic (exact) mass is 342 g/mol. The lowest BCUT2D eigenvalue weighted by Gasteiger charge is -2.39. The highest BCUT2D eigenvalue weighted by atomic mass is 19.1. The van der Waals surface area contributed by atoms with Gasteiger partial charge in [-0.15, -0.1) is 0 Å². The third-order valence-electron chi connectivity index (χ3n) is 4.73. The molecule has 25 heavy (non-hydrogen) atoms. The number of piperidine rings is 1. The van der Waals surface area contributed by atoms with Crippen LogP contribution < -0.4 is 4.90 Å². The maximum Gasteiger partial charge on any atom is 0.252 e. The Bertz CT molecular complexity index is 915. The van der Waals surface area contributed by atoms with Crippen molar-refractivity contribution in [2.24, 2.45) is 0 Å². The van der Waals surface area contributed by atoms with Crippen LogP contribution >= 0.6 is 0 Å². The first kappa shape index (κ1) is 16.0. The third kappa shape index (κ3) is 2.84. The van der Waals surface area contributed by atoms with Crippen LogP contribution in [-0.4, -0.2) is 33.1 Å². The second kappa shape index (κ2) is 5.77.